The molecular weight excluding hydrogens is 224 g/mol. The number of hydrogen-bond acceptors (Lipinski definition) is 4. The second-order valence-corrected chi connectivity index (χ2v) is 4.92. The average Bonchev–Trinajstić information content (AvgIpc) is 2.46. The first-order chi connectivity index (χ1) is 7.71. The molecule has 0 aromatic carbocycles. The Morgan fingerprint density at radius 1 is 1.47 bits per heavy atom. The van der Waals surface area contributed by atoms with E-state index in [0.29, 0.717) is 5.69 Å². The second kappa shape index (κ2) is 4.57. The zero-order valence-electron chi connectivity index (χ0n) is 10.3. The Hall–Kier alpha value is -1.85. The van der Waals surface area contributed by atoms with Crippen molar-refractivity contribution in [3.05, 3.63) is 12.0 Å². The minimum absolute atomic E-state index is 0.0167. The molecule has 1 aromatic heterocycles. The number of hydrogen-bond donors (Lipinski definition) is 2. The molecule has 1 rings (SSSR count). The van der Waals surface area contributed by atoms with Crippen molar-refractivity contribution < 1.29 is 19.1 Å². The average molecular weight is 240 g/mol. The molecule has 0 radical (unpaired) electrons. The van der Waals surface area contributed by atoms with E-state index in [1.807, 2.05) is 0 Å². The standard InChI is InChI=1S/C11H16N2O4/c1-6-5-17-10(12-6)13-8(14)7(9(15)16)11(2,3)4/h5,7H,1-4H3,(H,15,16)(H,12,13,14). The maximum absolute atomic E-state index is 11.8. The Morgan fingerprint density at radius 2 is 2.06 bits per heavy atom. The van der Waals surface area contributed by atoms with Gasteiger partial charge in [0.25, 0.3) is 0 Å². The zero-order chi connectivity index (χ0) is 13.2. The van der Waals surface area contributed by atoms with E-state index < -0.39 is 23.2 Å². The first-order valence-corrected chi connectivity index (χ1v) is 5.17. The van der Waals surface area contributed by atoms with Crippen molar-refractivity contribution in [2.45, 2.75) is 27.7 Å². The van der Waals surface area contributed by atoms with Gasteiger partial charge in [-0.05, 0) is 12.3 Å². The largest absolute Gasteiger partial charge is 0.481 e. The molecule has 6 nitrogen and oxygen atoms in total. The fourth-order valence-corrected chi connectivity index (χ4v) is 1.46. The molecule has 0 saturated heterocycles. The number of carboxylic acids is 1. The van der Waals surface area contributed by atoms with Crippen LogP contribution in [0.1, 0.15) is 26.5 Å². The molecule has 0 spiro atoms. The summed E-state index contributed by atoms with van der Waals surface area (Å²) in [4.78, 5) is 26.8. The molecule has 0 aliphatic heterocycles. The van der Waals surface area contributed by atoms with Gasteiger partial charge in [0.15, 0.2) is 0 Å². The van der Waals surface area contributed by atoms with E-state index in [1.165, 1.54) is 6.26 Å². The van der Waals surface area contributed by atoms with Crippen molar-refractivity contribution in [3.8, 4) is 0 Å². The lowest BCUT2D eigenvalue weighted by atomic mass is 9.80. The Morgan fingerprint density at radius 3 is 2.41 bits per heavy atom. The topological polar surface area (TPSA) is 92.4 Å². The van der Waals surface area contributed by atoms with Gasteiger partial charge in [0.05, 0.1) is 5.69 Å². The number of oxazole rings is 1. The third kappa shape index (κ3) is 3.30. The SMILES string of the molecule is Cc1coc(NC(=O)C(C(=O)O)C(C)(C)C)n1. The predicted molar refractivity (Wildman–Crippen MR) is 60.5 cm³/mol. The summed E-state index contributed by atoms with van der Waals surface area (Å²) in [6.45, 7) is 6.77. The van der Waals surface area contributed by atoms with Gasteiger partial charge in [0.1, 0.15) is 12.2 Å². The van der Waals surface area contributed by atoms with Crippen molar-refractivity contribution in [3.63, 3.8) is 0 Å². The van der Waals surface area contributed by atoms with E-state index in [2.05, 4.69) is 10.3 Å². The Labute approximate surface area is 99.0 Å². The molecule has 94 valence electrons. The van der Waals surface area contributed by atoms with Crippen molar-refractivity contribution in [1.29, 1.82) is 0 Å². The maximum Gasteiger partial charge on any atom is 0.316 e. The number of amides is 1. The number of aryl methyl sites for hydroxylation is 1. The summed E-state index contributed by atoms with van der Waals surface area (Å²) in [6.07, 6.45) is 1.38. The predicted octanol–water partition coefficient (Wildman–Crippen LogP) is 1.67. The van der Waals surface area contributed by atoms with Crippen LogP contribution in [0.4, 0.5) is 6.01 Å². The van der Waals surface area contributed by atoms with Crippen LogP contribution in [0.25, 0.3) is 0 Å². The molecule has 0 saturated carbocycles. The lowest BCUT2D eigenvalue weighted by Crippen LogP contribution is -2.39. The van der Waals surface area contributed by atoms with Crippen molar-refractivity contribution >= 4 is 17.9 Å². The van der Waals surface area contributed by atoms with Crippen LogP contribution in [-0.2, 0) is 9.59 Å². The van der Waals surface area contributed by atoms with Crippen molar-refractivity contribution in [2.24, 2.45) is 11.3 Å². The normalized spacial score (nSPS) is 13.2. The lowest BCUT2D eigenvalue weighted by Gasteiger charge is -2.25. The number of nitrogens with zero attached hydrogens (tertiary/aromatic N) is 1. The Balaban J connectivity index is 2.84. The molecule has 17 heavy (non-hydrogen) atoms. The van der Waals surface area contributed by atoms with Crippen LogP contribution in [0.15, 0.2) is 10.7 Å². The van der Waals surface area contributed by atoms with Gasteiger partial charge in [-0.3, -0.25) is 14.9 Å². The first-order valence-electron chi connectivity index (χ1n) is 5.17. The van der Waals surface area contributed by atoms with Gasteiger partial charge in [-0.1, -0.05) is 20.8 Å². The fraction of sp³-hybridized carbons (Fsp3) is 0.545. The summed E-state index contributed by atoms with van der Waals surface area (Å²) in [5.41, 5.74) is -0.0692. The molecule has 0 aliphatic rings. The highest BCUT2D eigenvalue weighted by Crippen LogP contribution is 2.27. The minimum atomic E-state index is -1.17. The van der Waals surface area contributed by atoms with Crippen LogP contribution in [0.2, 0.25) is 0 Å². The molecule has 0 aliphatic carbocycles. The molecule has 2 N–H and O–H groups in total. The molecular formula is C11H16N2O4. The van der Waals surface area contributed by atoms with Gasteiger partial charge < -0.3 is 9.52 Å². The van der Waals surface area contributed by atoms with E-state index in [0.717, 1.165) is 0 Å². The first kappa shape index (κ1) is 13.2. The summed E-state index contributed by atoms with van der Waals surface area (Å²) >= 11 is 0. The van der Waals surface area contributed by atoms with Crippen molar-refractivity contribution in [2.75, 3.05) is 5.32 Å². The number of carbonyl (C=O) groups is 2. The molecule has 1 heterocycles. The van der Waals surface area contributed by atoms with Gasteiger partial charge in [-0.2, -0.15) is 4.98 Å². The Bertz CT molecular complexity index is 431. The summed E-state index contributed by atoms with van der Waals surface area (Å²) < 4.78 is 4.94. The van der Waals surface area contributed by atoms with Gasteiger partial charge in [-0.15, -0.1) is 0 Å². The van der Waals surface area contributed by atoms with Crippen LogP contribution in [0.5, 0.6) is 0 Å². The van der Waals surface area contributed by atoms with Crippen molar-refractivity contribution in [1.82, 2.24) is 4.98 Å². The van der Waals surface area contributed by atoms with Gasteiger partial charge in [-0.25, -0.2) is 0 Å². The quantitative estimate of drug-likeness (QED) is 0.784. The van der Waals surface area contributed by atoms with Crippen LogP contribution < -0.4 is 5.32 Å². The highest BCUT2D eigenvalue weighted by molar-refractivity contribution is 6.03. The van der Waals surface area contributed by atoms with Gasteiger partial charge in [0, 0.05) is 0 Å². The Kier molecular flexibility index (Phi) is 3.55. The number of anilines is 1. The number of aliphatic carboxylic acids is 1. The molecule has 0 bridgehead atoms. The molecule has 6 heteroatoms. The number of aromatic nitrogens is 1. The molecule has 1 aromatic rings. The maximum atomic E-state index is 11.8. The summed E-state index contributed by atoms with van der Waals surface area (Å²) in [6, 6.07) is 0.0167. The summed E-state index contributed by atoms with van der Waals surface area (Å²) in [5.74, 6) is -2.96. The van der Waals surface area contributed by atoms with E-state index >= 15 is 0 Å². The highest BCUT2D eigenvalue weighted by Gasteiger charge is 2.38. The van der Waals surface area contributed by atoms with Crippen LogP contribution in [0.3, 0.4) is 0 Å². The lowest BCUT2D eigenvalue weighted by molar-refractivity contribution is -0.149. The van der Waals surface area contributed by atoms with E-state index in [1.54, 1.807) is 27.7 Å². The van der Waals surface area contributed by atoms with Gasteiger partial charge in [0.2, 0.25) is 5.91 Å². The third-order valence-corrected chi connectivity index (χ3v) is 2.22. The molecule has 1 amide bonds. The zero-order valence-corrected chi connectivity index (χ0v) is 10.3. The van der Waals surface area contributed by atoms with E-state index in [-0.39, 0.29) is 6.01 Å². The minimum Gasteiger partial charge on any atom is -0.481 e. The number of rotatable bonds is 3. The number of carboxylic acid groups (broad SMARTS) is 1. The highest BCUT2D eigenvalue weighted by atomic mass is 16.4. The van der Waals surface area contributed by atoms with E-state index in [9.17, 15) is 9.59 Å². The van der Waals surface area contributed by atoms with E-state index in [4.69, 9.17) is 9.52 Å². The monoisotopic (exact) mass is 240 g/mol. The smallest absolute Gasteiger partial charge is 0.316 e. The number of carbonyl (C=O) groups excluding carboxylic acids is 1. The third-order valence-electron chi connectivity index (χ3n) is 2.22. The van der Waals surface area contributed by atoms with Crippen LogP contribution >= 0.6 is 0 Å². The summed E-state index contributed by atoms with van der Waals surface area (Å²) in [5, 5.41) is 11.4. The molecule has 1 unspecified atom stereocenters. The summed E-state index contributed by atoms with van der Waals surface area (Å²) in [7, 11) is 0. The fourth-order valence-electron chi connectivity index (χ4n) is 1.46. The molecule has 0 fully saturated rings. The van der Waals surface area contributed by atoms with Crippen LogP contribution in [-0.4, -0.2) is 22.0 Å². The molecule has 1 atom stereocenters. The second-order valence-electron chi connectivity index (χ2n) is 4.92. The van der Waals surface area contributed by atoms with Crippen LogP contribution in [0, 0.1) is 18.3 Å². The van der Waals surface area contributed by atoms with Gasteiger partial charge >= 0.3 is 12.0 Å². The number of nitrogens with one attached hydrogen (secondary N) is 1.